The standard InChI is InChI=1S/C10H6BrF2NO/c11-9-7(12)3-6(4-8(9)13)10(1-2-10)14-5-15/h3-4H,1-2H2. The maximum Gasteiger partial charge on any atom is 0.235 e. The Kier molecular flexibility index (Phi) is 2.44. The van der Waals surface area contributed by atoms with Crippen LogP contribution in [0.2, 0.25) is 0 Å². The van der Waals surface area contributed by atoms with Gasteiger partial charge in [0.1, 0.15) is 11.6 Å². The van der Waals surface area contributed by atoms with Crippen LogP contribution >= 0.6 is 15.9 Å². The highest BCUT2D eigenvalue weighted by Gasteiger charge is 2.45. The first-order valence-electron chi connectivity index (χ1n) is 4.33. The largest absolute Gasteiger partial charge is 0.235 e. The van der Waals surface area contributed by atoms with Crippen LogP contribution in [0.25, 0.3) is 0 Å². The van der Waals surface area contributed by atoms with E-state index in [9.17, 15) is 13.6 Å². The van der Waals surface area contributed by atoms with Gasteiger partial charge in [0.05, 0.1) is 10.0 Å². The zero-order chi connectivity index (χ0) is 11.1. The maximum atomic E-state index is 13.2. The molecule has 2 nitrogen and oxygen atoms in total. The summed E-state index contributed by atoms with van der Waals surface area (Å²) < 4.78 is 26.2. The molecular weight excluding hydrogens is 268 g/mol. The second-order valence-electron chi connectivity index (χ2n) is 3.49. The predicted octanol–water partition coefficient (Wildman–Crippen LogP) is 3.05. The normalized spacial score (nSPS) is 17.0. The van der Waals surface area contributed by atoms with Crippen molar-refractivity contribution in [3.05, 3.63) is 33.8 Å². The fraction of sp³-hybridized carbons (Fsp3) is 0.300. The molecule has 2 rings (SSSR count). The van der Waals surface area contributed by atoms with E-state index in [1.165, 1.54) is 18.2 Å². The molecule has 1 fully saturated rings. The van der Waals surface area contributed by atoms with Crippen molar-refractivity contribution < 1.29 is 13.6 Å². The van der Waals surface area contributed by atoms with Crippen LogP contribution in [0.15, 0.2) is 21.6 Å². The highest BCUT2D eigenvalue weighted by Crippen LogP contribution is 2.49. The first-order chi connectivity index (χ1) is 7.09. The zero-order valence-corrected chi connectivity index (χ0v) is 9.14. The number of aliphatic imine (C=N–C) groups is 1. The third-order valence-electron chi connectivity index (χ3n) is 2.50. The van der Waals surface area contributed by atoms with Crippen LogP contribution in [-0.4, -0.2) is 6.08 Å². The van der Waals surface area contributed by atoms with Crippen molar-refractivity contribution in [2.24, 2.45) is 4.99 Å². The number of rotatable bonds is 2. The minimum Gasteiger partial charge on any atom is -0.211 e. The predicted molar refractivity (Wildman–Crippen MR) is 53.1 cm³/mol. The Morgan fingerprint density at radius 2 is 1.87 bits per heavy atom. The van der Waals surface area contributed by atoms with E-state index in [-0.39, 0.29) is 4.47 Å². The molecule has 0 aromatic heterocycles. The quantitative estimate of drug-likeness (QED) is 0.463. The average molecular weight is 274 g/mol. The third-order valence-corrected chi connectivity index (χ3v) is 3.26. The lowest BCUT2D eigenvalue weighted by molar-refractivity contribution is 0.548. The molecule has 0 spiro atoms. The minimum atomic E-state index is -0.732. The Morgan fingerprint density at radius 1 is 1.33 bits per heavy atom. The van der Waals surface area contributed by atoms with Crippen molar-refractivity contribution in [3.8, 4) is 0 Å². The van der Waals surface area contributed by atoms with Gasteiger partial charge in [0.15, 0.2) is 0 Å². The third kappa shape index (κ3) is 1.73. The Bertz CT molecular complexity index is 441. The van der Waals surface area contributed by atoms with Crippen molar-refractivity contribution in [2.45, 2.75) is 18.4 Å². The van der Waals surface area contributed by atoms with E-state index in [0.29, 0.717) is 18.4 Å². The van der Waals surface area contributed by atoms with Crippen molar-refractivity contribution in [1.29, 1.82) is 0 Å². The summed E-state index contributed by atoms with van der Waals surface area (Å²) in [5.41, 5.74) is -0.339. The summed E-state index contributed by atoms with van der Waals surface area (Å²) in [4.78, 5) is 13.8. The summed E-state index contributed by atoms with van der Waals surface area (Å²) in [5.74, 6) is -1.37. The smallest absolute Gasteiger partial charge is 0.211 e. The van der Waals surface area contributed by atoms with Crippen LogP contribution in [-0.2, 0) is 10.3 Å². The molecule has 0 N–H and O–H groups in total. The van der Waals surface area contributed by atoms with Crippen LogP contribution in [0.5, 0.6) is 0 Å². The molecule has 0 unspecified atom stereocenters. The molecule has 1 aliphatic rings. The molecule has 78 valence electrons. The summed E-state index contributed by atoms with van der Waals surface area (Å²) >= 11 is 2.78. The van der Waals surface area contributed by atoms with Crippen LogP contribution < -0.4 is 0 Å². The Morgan fingerprint density at radius 3 is 2.27 bits per heavy atom. The summed E-state index contributed by atoms with van der Waals surface area (Å²) in [6.45, 7) is 0. The van der Waals surface area contributed by atoms with Crippen LogP contribution in [0.3, 0.4) is 0 Å². The fourth-order valence-electron chi connectivity index (χ4n) is 1.49. The number of halogens is 3. The molecule has 1 aromatic rings. The van der Waals surface area contributed by atoms with Gasteiger partial charge in [-0.05, 0) is 46.5 Å². The fourth-order valence-corrected chi connectivity index (χ4v) is 1.72. The Hall–Kier alpha value is -1.06. The zero-order valence-electron chi connectivity index (χ0n) is 7.56. The van der Waals surface area contributed by atoms with Gasteiger partial charge in [-0.1, -0.05) is 0 Å². The van der Waals surface area contributed by atoms with E-state index >= 15 is 0 Å². The van der Waals surface area contributed by atoms with E-state index in [4.69, 9.17) is 0 Å². The van der Waals surface area contributed by atoms with Gasteiger partial charge in [-0.2, -0.15) is 4.99 Å². The molecule has 1 aromatic carbocycles. The number of carbonyl (C=O) groups excluding carboxylic acids is 1. The molecule has 0 saturated heterocycles. The Labute approximate surface area is 93.1 Å². The molecule has 0 aliphatic heterocycles. The minimum absolute atomic E-state index is 0.197. The van der Waals surface area contributed by atoms with Crippen LogP contribution in [0, 0.1) is 11.6 Å². The van der Waals surface area contributed by atoms with Gasteiger partial charge in [-0.25, -0.2) is 13.6 Å². The van der Waals surface area contributed by atoms with Crippen LogP contribution in [0.4, 0.5) is 8.78 Å². The van der Waals surface area contributed by atoms with Gasteiger partial charge in [-0.3, -0.25) is 0 Å². The summed E-state index contributed by atoms with van der Waals surface area (Å²) in [7, 11) is 0. The van der Waals surface area contributed by atoms with Gasteiger partial charge < -0.3 is 0 Å². The number of hydrogen-bond acceptors (Lipinski definition) is 2. The summed E-state index contributed by atoms with van der Waals surface area (Å²) in [5, 5.41) is 0. The molecule has 5 heteroatoms. The number of benzene rings is 1. The number of isocyanates is 1. The van der Waals surface area contributed by atoms with E-state index in [0.717, 1.165) is 0 Å². The lowest BCUT2D eigenvalue weighted by Crippen LogP contribution is -2.04. The van der Waals surface area contributed by atoms with Crippen molar-refractivity contribution in [3.63, 3.8) is 0 Å². The van der Waals surface area contributed by atoms with Gasteiger partial charge in [-0.15, -0.1) is 0 Å². The second kappa shape index (κ2) is 3.51. The van der Waals surface area contributed by atoms with Crippen molar-refractivity contribution in [1.82, 2.24) is 0 Å². The summed E-state index contributed by atoms with van der Waals surface area (Å²) in [6.07, 6.45) is 2.70. The van der Waals surface area contributed by atoms with Crippen molar-refractivity contribution in [2.75, 3.05) is 0 Å². The molecule has 0 amide bonds. The lowest BCUT2D eigenvalue weighted by Gasteiger charge is -2.09. The molecule has 15 heavy (non-hydrogen) atoms. The molecule has 1 aliphatic carbocycles. The molecule has 1 saturated carbocycles. The van der Waals surface area contributed by atoms with Gasteiger partial charge >= 0.3 is 0 Å². The topological polar surface area (TPSA) is 29.4 Å². The first-order valence-corrected chi connectivity index (χ1v) is 5.12. The molecule has 0 radical (unpaired) electrons. The van der Waals surface area contributed by atoms with E-state index in [1.54, 1.807) is 0 Å². The van der Waals surface area contributed by atoms with Gasteiger partial charge in [0, 0.05) is 0 Å². The molecule has 0 heterocycles. The molecule has 0 bridgehead atoms. The van der Waals surface area contributed by atoms with Crippen molar-refractivity contribution >= 4 is 22.0 Å². The van der Waals surface area contributed by atoms with E-state index in [1.807, 2.05) is 0 Å². The van der Waals surface area contributed by atoms with Crippen LogP contribution in [0.1, 0.15) is 18.4 Å². The molecular formula is C10H6BrF2NO. The van der Waals surface area contributed by atoms with Gasteiger partial charge in [0.25, 0.3) is 0 Å². The van der Waals surface area contributed by atoms with E-state index in [2.05, 4.69) is 20.9 Å². The first kappa shape index (κ1) is 10.5. The monoisotopic (exact) mass is 273 g/mol. The maximum absolute atomic E-state index is 13.2. The Balaban J connectivity index is 2.51. The highest BCUT2D eigenvalue weighted by molar-refractivity contribution is 9.10. The number of hydrogen-bond donors (Lipinski definition) is 0. The second-order valence-corrected chi connectivity index (χ2v) is 4.28. The average Bonchev–Trinajstić information content (AvgIpc) is 2.95. The van der Waals surface area contributed by atoms with E-state index < -0.39 is 17.2 Å². The highest BCUT2D eigenvalue weighted by atomic mass is 79.9. The van der Waals surface area contributed by atoms with Gasteiger partial charge in [0.2, 0.25) is 6.08 Å². The summed E-state index contributed by atoms with van der Waals surface area (Å²) in [6, 6.07) is 2.39. The molecule has 0 atom stereocenters. The SMILES string of the molecule is O=C=NC1(c2cc(F)c(Br)c(F)c2)CC1. The lowest BCUT2D eigenvalue weighted by atomic mass is 10.1. The number of nitrogens with zero attached hydrogens (tertiary/aromatic N) is 1.